The van der Waals surface area contributed by atoms with Crippen molar-refractivity contribution in [3.63, 3.8) is 0 Å². The molecule has 0 saturated carbocycles. The first kappa shape index (κ1) is 37.5. The van der Waals surface area contributed by atoms with Crippen molar-refractivity contribution in [1.29, 1.82) is 0 Å². The molecule has 42 heavy (non-hydrogen) atoms. The molecule has 11 heteroatoms. The quantitative estimate of drug-likeness (QED) is 0.128. The summed E-state index contributed by atoms with van der Waals surface area (Å²) in [7, 11) is 1.58. The third-order valence-electron chi connectivity index (χ3n) is 6.75. The zero-order chi connectivity index (χ0) is 31.6. The molecule has 1 aliphatic heterocycles. The number of methoxy groups -OCH3 is 1. The second-order valence-electron chi connectivity index (χ2n) is 11.3. The lowest BCUT2D eigenvalue weighted by Crippen LogP contribution is -2.64. The van der Waals surface area contributed by atoms with E-state index in [1.165, 1.54) is 0 Å². The topological polar surface area (TPSA) is 122 Å². The Bertz CT molecular complexity index is 896. The van der Waals surface area contributed by atoms with Gasteiger partial charge in [-0.25, -0.2) is 9.69 Å². The standard InChI is InChI=1S/C31H52N2O9/c1-9-12-24-23-26(35)33(29(36)42-30(4,5)6)27(24)28(31(7,37-8)14-10-2)32-25(34)13-16-39-18-20-41-22-21-40-19-17-38-15-11-3/h3,9,12,24,27-28H,10,13-23H2,1-2,4-8H3,(H,32,34)/b12-9-/t24-,27-,28-,31+/m1/s1. The second-order valence-corrected chi connectivity index (χ2v) is 11.3. The van der Waals surface area contributed by atoms with Crippen LogP contribution in [-0.4, -0.2) is 106 Å². The fourth-order valence-corrected chi connectivity index (χ4v) is 4.82. The smallest absolute Gasteiger partial charge is 0.417 e. The van der Waals surface area contributed by atoms with Gasteiger partial charge in [-0.05, 0) is 41.0 Å². The van der Waals surface area contributed by atoms with Gasteiger partial charge < -0.3 is 33.7 Å². The van der Waals surface area contributed by atoms with Crippen LogP contribution in [0.25, 0.3) is 0 Å². The number of carbonyl (C=O) groups excluding carboxylic acids is 3. The zero-order valence-corrected chi connectivity index (χ0v) is 26.6. The second kappa shape index (κ2) is 19.7. The van der Waals surface area contributed by atoms with Crippen LogP contribution in [0.5, 0.6) is 0 Å². The molecule has 0 spiro atoms. The Morgan fingerprint density at radius 3 is 2.12 bits per heavy atom. The first-order valence-corrected chi connectivity index (χ1v) is 14.7. The third-order valence-corrected chi connectivity index (χ3v) is 6.75. The molecule has 0 bridgehead atoms. The summed E-state index contributed by atoms with van der Waals surface area (Å²) in [5.41, 5.74) is -1.65. The van der Waals surface area contributed by atoms with Gasteiger partial charge in [0, 0.05) is 25.9 Å². The highest BCUT2D eigenvalue weighted by atomic mass is 16.6. The minimum atomic E-state index is -0.857. The first-order chi connectivity index (χ1) is 19.9. The molecule has 1 N–H and O–H groups in total. The van der Waals surface area contributed by atoms with Crippen LogP contribution < -0.4 is 5.32 Å². The van der Waals surface area contributed by atoms with Crippen LogP contribution in [0, 0.1) is 18.3 Å². The summed E-state index contributed by atoms with van der Waals surface area (Å²) in [4.78, 5) is 40.8. The summed E-state index contributed by atoms with van der Waals surface area (Å²) in [6.07, 6.45) is 9.70. The van der Waals surface area contributed by atoms with Crippen molar-refractivity contribution in [2.75, 3.05) is 60.0 Å². The molecule has 1 saturated heterocycles. The van der Waals surface area contributed by atoms with Gasteiger partial charge in [-0.2, -0.15) is 0 Å². The molecule has 3 amide bonds. The molecule has 0 radical (unpaired) electrons. The van der Waals surface area contributed by atoms with Crippen LogP contribution in [0.4, 0.5) is 4.79 Å². The lowest BCUT2D eigenvalue weighted by atomic mass is 9.81. The number of likely N-dealkylation sites (tertiary alicyclic amines) is 1. The van der Waals surface area contributed by atoms with E-state index < -0.39 is 29.4 Å². The van der Waals surface area contributed by atoms with Crippen LogP contribution in [0.1, 0.15) is 67.2 Å². The Kier molecular flexibility index (Phi) is 17.6. The van der Waals surface area contributed by atoms with Gasteiger partial charge in [0.05, 0.1) is 63.9 Å². The average molecular weight is 597 g/mol. The van der Waals surface area contributed by atoms with Crippen LogP contribution in [-0.2, 0) is 38.0 Å². The van der Waals surface area contributed by atoms with Crippen LogP contribution in [0.3, 0.4) is 0 Å². The average Bonchev–Trinajstić information content (AvgIpc) is 3.24. The van der Waals surface area contributed by atoms with Gasteiger partial charge >= 0.3 is 6.09 Å². The number of amides is 3. The SMILES string of the molecule is C#CCOCCOCCOCCOCCC(=O)N[C@H]([C@H]1[C@H](/C=C\C)CC(=O)N1C(=O)OC(C)(C)C)[C@](C)(CCC)OC. The van der Waals surface area contributed by atoms with E-state index in [1.807, 2.05) is 32.9 Å². The lowest BCUT2D eigenvalue weighted by molar-refractivity contribution is -0.134. The fraction of sp³-hybridized carbons (Fsp3) is 0.774. The number of carbonyl (C=O) groups is 3. The summed E-state index contributed by atoms with van der Waals surface area (Å²) >= 11 is 0. The van der Waals surface area contributed by atoms with Gasteiger partial charge in [0.25, 0.3) is 0 Å². The molecule has 0 aromatic rings. The lowest BCUT2D eigenvalue weighted by Gasteiger charge is -2.44. The molecule has 4 atom stereocenters. The van der Waals surface area contributed by atoms with E-state index in [-0.39, 0.29) is 43.8 Å². The van der Waals surface area contributed by atoms with Crippen LogP contribution >= 0.6 is 0 Å². The predicted octanol–water partition coefficient (Wildman–Crippen LogP) is 3.49. The van der Waals surface area contributed by atoms with Gasteiger partial charge in [0.1, 0.15) is 12.2 Å². The number of nitrogens with zero attached hydrogens (tertiary/aromatic N) is 1. The normalized spacial score (nSPS) is 19.5. The van der Waals surface area contributed by atoms with Crippen molar-refractivity contribution in [2.24, 2.45) is 5.92 Å². The molecule has 240 valence electrons. The maximum atomic E-state index is 13.3. The number of terminal acetylenes is 1. The van der Waals surface area contributed by atoms with Crippen LogP contribution in [0.2, 0.25) is 0 Å². The third kappa shape index (κ3) is 13.2. The summed E-state index contributed by atoms with van der Waals surface area (Å²) in [5, 5.41) is 3.09. The van der Waals surface area contributed by atoms with Crippen molar-refractivity contribution < 1.29 is 42.8 Å². The molecule has 1 fully saturated rings. The monoisotopic (exact) mass is 596 g/mol. The number of ether oxygens (including phenoxy) is 6. The van der Waals surface area contributed by atoms with E-state index in [4.69, 9.17) is 34.8 Å². The van der Waals surface area contributed by atoms with Crippen molar-refractivity contribution in [3.8, 4) is 12.3 Å². The van der Waals surface area contributed by atoms with E-state index in [2.05, 4.69) is 11.2 Å². The maximum Gasteiger partial charge on any atom is 0.417 e. The van der Waals surface area contributed by atoms with E-state index in [1.54, 1.807) is 27.9 Å². The molecular formula is C31H52N2O9. The zero-order valence-electron chi connectivity index (χ0n) is 26.6. The Balaban J connectivity index is 2.80. The van der Waals surface area contributed by atoms with Crippen molar-refractivity contribution >= 4 is 17.9 Å². The van der Waals surface area contributed by atoms with Gasteiger partial charge in [0.2, 0.25) is 11.8 Å². The van der Waals surface area contributed by atoms with Crippen LogP contribution in [0.15, 0.2) is 12.2 Å². The molecule has 11 nitrogen and oxygen atoms in total. The number of nitrogens with one attached hydrogen (secondary N) is 1. The van der Waals surface area contributed by atoms with Gasteiger partial charge in [0.15, 0.2) is 0 Å². The number of imide groups is 1. The van der Waals surface area contributed by atoms with Crippen molar-refractivity contribution in [1.82, 2.24) is 10.2 Å². The highest BCUT2D eigenvalue weighted by Gasteiger charge is 2.53. The molecular weight excluding hydrogens is 544 g/mol. The summed E-state index contributed by atoms with van der Waals surface area (Å²) in [6, 6.07) is -1.38. The number of rotatable bonds is 20. The van der Waals surface area contributed by atoms with E-state index in [0.717, 1.165) is 11.3 Å². The minimum Gasteiger partial charge on any atom is -0.443 e. The highest BCUT2D eigenvalue weighted by Crippen LogP contribution is 2.37. The van der Waals surface area contributed by atoms with E-state index in [0.29, 0.717) is 46.1 Å². The summed E-state index contributed by atoms with van der Waals surface area (Å²) < 4.78 is 33.1. The van der Waals surface area contributed by atoms with Crippen molar-refractivity contribution in [3.05, 3.63) is 12.2 Å². The summed E-state index contributed by atoms with van der Waals surface area (Å²) in [6.45, 7) is 13.9. The van der Waals surface area contributed by atoms with Gasteiger partial charge in [-0.3, -0.25) is 9.59 Å². The molecule has 0 aliphatic carbocycles. The van der Waals surface area contributed by atoms with E-state index in [9.17, 15) is 14.4 Å². The molecule has 0 aromatic heterocycles. The Morgan fingerprint density at radius 1 is 1.05 bits per heavy atom. The predicted molar refractivity (Wildman–Crippen MR) is 159 cm³/mol. The maximum absolute atomic E-state index is 13.3. The summed E-state index contributed by atoms with van der Waals surface area (Å²) in [5.74, 6) is 1.44. The number of allylic oxidation sites excluding steroid dienone is 1. The molecule has 1 aliphatic rings. The molecule has 0 unspecified atom stereocenters. The first-order valence-electron chi connectivity index (χ1n) is 14.7. The fourth-order valence-electron chi connectivity index (χ4n) is 4.82. The molecule has 1 heterocycles. The van der Waals surface area contributed by atoms with Gasteiger partial charge in [-0.1, -0.05) is 31.4 Å². The van der Waals surface area contributed by atoms with Gasteiger partial charge in [-0.15, -0.1) is 6.42 Å². The molecule has 0 aromatic carbocycles. The Hall–Kier alpha value is -2.49. The molecule has 1 rings (SSSR count). The minimum absolute atomic E-state index is 0.0879. The highest BCUT2D eigenvalue weighted by molar-refractivity contribution is 5.95. The van der Waals surface area contributed by atoms with E-state index >= 15 is 0 Å². The number of hydrogen-bond donors (Lipinski definition) is 1. The Morgan fingerprint density at radius 2 is 1.62 bits per heavy atom. The Labute approximate surface area is 251 Å². The number of hydrogen-bond acceptors (Lipinski definition) is 9. The largest absolute Gasteiger partial charge is 0.443 e. The van der Waals surface area contributed by atoms with Crippen molar-refractivity contribution in [2.45, 2.75) is 90.5 Å².